The number of methoxy groups -OCH3 is 1. The lowest BCUT2D eigenvalue weighted by atomic mass is 9.91. The zero-order valence-electron chi connectivity index (χ0n) is 24.5. The van der Waals surface area contributed by atoms with Gasteiger partial charge in [-0.15, -0.1) is 0 Å². The summed E-state index contributed by atoms with van der Waals surface area (Å²) in [5.41, 5.74) is 5.58. The number of piperidine rings is 1. The third-order valence-electron chi connectivity index (χ3n) is 7.71. The Morgan fingerprint density at radius 1 is 0.925 bits per heavy atom. The smallest absolute Gasteiger partial charge is 0.229 e. The number of hydrogen-bond acceptors (Lipinski definition) is 4. The van der Waals surface area contributed by atoms with Crippen molar-refractivity contribution in [3.8, 4) is 16.9 Å². The molecule has 4 aromatic rings. The minimum atomic E-state index is -0.128. The molecule has 5 heteroatoms. The Hall–Kier alpha value is -3.86. The first kappa shape index (κ1) is 27.7. The average molecular weight is 536 g/mol. The van der Waals surface area contributed by atoms with Crippen LogP contribution in [0.2, 0.25) is 0 Å². The van der Waals surface area contributed by atoms with E-state index in [1.807, 2.05) is 17.2 Å². The fourth-order valence-electron chi connectivity index (χ4n) is 5.59. The molecule has 1 fully saturated rings. The number of amides is 1. The van der Waals surface area contributed by atoms with Crippen molar-refractivity contribution in [1.82, 2.24) is 4.98 Å². The highest BCUT2D eigenvalue weighted by molar-refractivity contribution is 6.03. The van der Waals surface area contributed by atoms with Gasteiger partial charge in [-0.05, 0) is 95.6 Å². The summed E-state index contributed by atoms with van der Waals surface area (Å²) in [6.45, 7) is 11.1. The number of rotatable bonds is 7. The number of fused-ring (bicyclic) bond motifs is 1. The number of nitrogens with zero attached hydrogens (tertiary/aromatic N) is 3. The van der Waals surface area contributed by atoms with Gasteiger partial charge in [0.15, 0.2) is 0 Å². The summed E-state index contributed by atoms with van der Waals surface area (Å²) in [5.74, 6) is 1.70. The van der Waals surface area contributed by atoms with Gasteiger partial charge >= 0.3 is 0 Å². The molecule has 0 aliphatic carbocycles. The standard InChI is InChI=1S/C35H41N3O2/c1-25-21-28(13-16-32(25)40-5)27-11-9-26(10-12-27)24-38(33(39)23-35(2,3)4)34-31-15-14-30(22-29(31)17-18-36-34)37-19-7-6-8-20-37/h9-18,21-22H,6-8,19-20,23-24H2,1-5H3. The van der Waals surface area contributed by atoms with Crippen LogP contribution >= 0.6 is 0 Å². The lowest BCUT2D eigenvalue weighted by Gasteiger charge is -2.30. The van der Waals surface area contributed by atoms with Crippen molar-refractivity contribution in [2.45, 2.75) is 59.9 Å². The predicted molar refractivity (Wildman–Crippen MR) is 166 cm³/mol. The second-order valence-corrected chi connectivity index (χ2v) is 12.2. The molecule has 1 amide bonds. The van der Waals surface area contributed by atoms with E-state index in [0.29, 0.717) is 13.0 Å². The zero-order valence-corrected chi connectivity index (χ0v) is 24.5. The lowest BCUT2D eigenvalue weighted by molar-refractivity contribution is -0.120. The molecule has 0 unspecified atom stereocenters. The summed E-state index contributed by atoms with van der Waals surface area (Å²) >= 11 is 0. The molecule has 208 valence electrons. The monoisotopic (exact) mass is 535 g/mol. The molecule has 40 heavy (non-hydrogen) atoms. The van der Waals surface area contributed by atoms with Crippen molar-refractivity contribution in [3.05, 3.63) is 84.1 Å². The second-order valence-electron chi connectivity index (χ2n) is 12.2. The maximum Gasteiger partial charge on any atom is 0.229 e. The first-order valence-electron chi connectivity index (χ1n) is 14.4. The minimum Gasteiger partial charge on any atom is -0.496 e. The number of benzene rings is 3. The molecule has 0 bridgehead atoms. The van der Waals surface area contributed by atoms with Crippen LogP contribution < -0.4 is 14.5 Å². The topological polar surface area (TPSA) is 45.7 Å². The van der Waals surface area contributed by atoms with Gasteiger partial charge in [0, 0.05) is 36.8 Å². The Labute approximate surface area is 238 Å². The van der Waals surface area contributed by atoms with Gasteiger partial charge in [-0.25, -0.2) is 4.98 Å². The van der Waals surface area contributed by atoms with Gasteiger partial charge in [0.1, 0.15) is 11.6 Å². The first-order chi connectivity index (χ1) is 19.2. The number of aryl methyl sites for hydroxylation is 1. The average Bonchev–Trinajstić information content (AvgIpc) is 2.95. The Bertz CT molecular complexity index is 1480. The van der Waals surface area contributed by atoms with Crippen molar-refractivity contribution in [2.24, 2.45) is 5.41 Å². The van der Waals surface area contributed by atoms with Crippen LogP contribution in [0.5, 0.6) is 5.75 Å². The van der Waals surface area contributed by atoms with Crippen LogP contribution in [0.4, 0.5) is 11.5 Å². The number of hydrogen-bond donors (Lipinski definition) is 0. The highest BCUT2D eigenvalue weighted by Crippen LogP contribution is 2.33. The van der Waals surface area contributed by atoms with Gasteiger partial charge in [0.25, 0.3) is 0 Å². The SMILES string of the molecule is COc1ccc(-c2ccc(CN(C(=O)CC(C)(C)C)c3nccc4cc(N5CCCCC5)ccc34)cc2)cc1C. The quantitative estimate of drug-likeness (QED) is 0.239. The van der Waals surface area contributed by atoms with Gasteiger partial charge in [0.05, 0.1) is 13.7 Å². The van der Waals surface area contributed by atoms with E-state index in [-0.39, 0.29) is 11.3 Å². The molecule has 0 atom stereocenters. The van der Waals surface area contributed by atoms with E-state index in [9.17, 15) is 4.79 Å². The molecule has 1 aliphatic rings. The van der Waals surface area contributed by atoms with Gasteiger partial charge in [-0.3, -0.25) is 9.69 Å². The summed E-state index contributed by atoms with van der Waals surface area (Å²) in [6.07, 6.45) is 6.07. The molecular weight excluding hydrogens is 494 g/mol. The van der Waals surface area contributed by atoms with Gasteiger partial charge in [-0.1, -0.05) is 51.1 Å². The normalized spacial score (nSPS) is 13.9. The van der Waals surface area contributed by atoms with Crippen LogP contribution in [0.15, 0.2) is 72.9 Å². The number of carbonyl (C=O) groups is 1. The fraction of sp³-hybridized carbons (Fsp3) is 0.371. The molecule has 0 saturated carbocycles. The molecule has 1 saturated heterocycles. The third-order valence-corrected chi connectivity index (χ3v) is 7.71. The number of ether oxygens (including phenoxy) is 1. The number of aromatic nitrogens is 1. The van der Waals surface area contributed by atoms with Gasteiger partial charge < -0.3 is 9.64 Å². The van der Waals surface area contributed by atoms with Gasteiger partial charge in [-0.2, -0.15) is 0 Å². The summed E-state index contributed by atoms with van der Waals surface area (Å²) in [5, 5.41) is 2.13. The molecular formula is C35H41N3O2. The van der Waals surface area contributed by atoms with Crippen LogP contribution in [0.3, 0.4) is 0 Å². The Kier molecular flexibility index (Phi) is 8.11. The molecule has 2 heterocycles. The van der Waals surface area contributed by atoms with Crippen LogP contribution in [0.25, 0.3) is 21.9 Å². The Morgan fingerprint density at radius 3 is 2.33 bits per heavy atom. The molecule has 0 N–H and O–H groups in total. The van der Waals surface area contributed by atoms with E-state index >= 15 is 0 Å². The van der Waals surface area contributed by atoms with Crippen LogP contribution in [-0.4, -0.2) is 31.1 Å². The number of carbonyl (C=O) groups excluding carboxylic acids is 1. The highest BCUT2D eigenvalue weighted by Gasteiger charge is 2.25. The third kappa shape index (κ3) is 6.30. The first-order valence-corrected chi connectivity index (χ1v) is 14.4. The van der Waals surface area contributed by atoms with E-state index in [4.69, 9.17) is 9.72 Å². The predicted octanol–water partition coefficient (Wildman–Crippen LogP) is 8.18. The molecule has 1 aromatic heterocycles. The van der Waals surface area contributed by atoms with Crippen LogP contribution in [-0.2, 0) is 11.3 Å². The van der Waals surface area contributed by atoms with Crippen molar-refractivity contribution >= 4 is 28.2 Å². The highest BCUT2D eigenvalue weighted by atomic mass is 16.5. The largest absolute Gasteiger partial charge is 0.496 e. The van der Waals surface area contributed by atoms with E-state index in [1.54, 1.807) is 7.11 Å². The fourth-order valence-corrected chi connectivity index (χ4v) is 5.59. The minimum absolute atomic E-state index is 0.0856. The van der Waals surface area contributed by atoms with Crippen molar-refractivity contribution in [2.75, 3.05) is 30.0 Å². The molecule has 1 aliphatic heterocycles. The summed E-state index contributed by atoms with van der Waals surface area (Å²) < 4.78 is 5.42. The van der Waals surface area contributed by atoms with Crippen LogP contribution in [0.1, 0.15) is 57.6 Å². The van der Waals surface area contributed by atoms with Crippen molar-refractivity contribution in [3.63, 3.8) is 0 Å². The van der Waals surface area contributed by atoms with E-state index in [1.165, 1.54) is 24.9 Å². The van der Waals surface area contributed by atoms with Gasteiger partial charge in [0.2, 0.25) is 5.91 Å². The summed E-state index contributed by atoms with van der Waals surface area (Å²) in [7, 11) is 1.70. The maximum atomic E-state index is 13.8. The lowest BCUT2D eigenvalue weighted by Crippen LogP contribution is -2.34. The van der Waals surface area contributed by atoms with Crippen molar-refractivity contribution in [1.29, 1.82) is 0 Å². The van der Waals surface area contributed by atoms with E-state index in [2.05, 4.69) is 93.3 Å². The molecule has 0 radical (unpaired) electrons. The Balaban J connectivity index is 1.46. The number of pyridine rings is 1. The van der Waals surface area contributed by atoms with E-state index in [0.717, 1.165) is 57.7 Å². The molecule has 5 nitrogen and oxygen atoms in total. The van der Waals surface area contributed by atoms with Crippen molar-refractivity contribution < 1.29 is 9.53 Å². The number of anilines is 2. The zero-order chi connectivity index (χ0) is 28.3. The van der Waals surface area contributed by atoms with Crippen LogP contribution in [0, 0.1) is 12.3 Å². The molecule has 3 aromatic carbocycles. The summed E-state index contributed by atoms with van der Waals surface area (Å²) in [6, 6.07) is 23.4. The maximum absolute atomic E-state index is 13.8. The van der Waals surface area contributed by atoms with E-state index < -0.39 is 0 Å². The molecule has 5 rings (SSSR count). The Morgan fingerprint density at radius 2 is 1.65 bits per heavy atom. The second kappa shape index (κ2) is 11.7. The summed E-state index contributed by atoms with van der Waals surface area (Å²) in [4.78, 5) is 22.9. The molecule has 0 spiro atoms.